The zero-order valence-corrected chi connectivity index (χ0v) is 17.7. The number of likely N-dealkylation sites (tertiary alicyclic amines) is 1. The van der Waals surface area contributed by atoms with E-state index >= 15 is 0 Å². The van der Waals surface area contributed by atoms with Crippen LogP contribution < -0.4 is 5.32 Å². The van der Waals surface area contributed by atoms with E-state index in [-0.39, 0.29) is 11.8 Å². The third kappa shape index (κ3) is 5.11. The van der Waals surface area contributed by atoms with E-state index in [4.69, 9.17) is 23.2 Å². The molecule has 0 atom stereocenters. The lowest BCUT2D eigenvalue weighted by atomic mass is 9.95. The van der Waals surface area contributed by atoms with Crippen LogP contribution in [0.3, 0.4) is 0 Å². The average Bonchev–Trinajstić information content (AvgIpc) is 2.75. The highest BCUT2D eigenvalue weighted by Gasteiger charge is 2.24. The minimum atomic E-state index is 0.0838. The topological polar surface area (TPSA) is 32.3 Å². The maximum Gasteiger partial charge on any atom is 0.223 e. The van der Waals surface area contributed by atoms with Gasteiger partial charge in [-0.2, -0.15) is 0 Å². The highest BCUT2D eigenvalue weighted by atomic mass is 35.5. The summed E-state index contributed by atoms with van der Waals surface area (Å²) in [5, 5.41) is 6.72. The van der Waals surface area contributed by atoms with Crippen LogP contribution in [0, 0.1) is 5.92 Å². The molecular formula is C24H24Cl2N2O. The molecule has 0 aliphatic carbocycles. The van der Waals surface area contributed by atoms with Crippen molar-refractivity contribution in [1.82, 2.24) is 10.2 Å². The van der Waals surface area contributed by atoms with E-state index in [1.54, 1.807) is 0 Å². The van der Waals surface area contributed by atoms with Crippen molar-refractivity contribution in [2.45, 2.75) is 25.9 Å². The molecule has 1 saturated heterocycles. The number of halogens is 2. The van der Waals surface area contributed by atoms with Gasteiger partial charge in [0.05, 0.1) is 10.0 Å². The second kappa shape index (κ2) is 9.17. The van der Waals surface area contributed by atoms with Crippen molar-refractivity contribution in [3.8, 4) is 0 Å². The van der Waals surface area contributed by atoms with Crippen molar-refractivity contribution in [2.75, 3.05) is 13.1 Å². The zero-order chi connectivity index (χ0) is 20.2. The molecule has 3 nitrogen and oxygen atoms in total. The fourth-order valence-electron chi connectivity index (χ4n) is 3.93. The van der Waals surface area contributed by atoms with Crippen molar-refractivity contribution in [2.24, 2.45) is 5.92 Å². The number of hydrogen-bond acceptors (Lipinski definition) is 2. The van der Waals surface area contributed by atoms with Gasteiger partial charge in [-0.3, -0.25) is 9.69 Å². The number of nitrogens with one attached hydrogen (secondary N) is 1. The lowest BCUT2D eigenvalue weighted by Gasteiger charge is -2.31. The summed E-state index contributed by atoms with van der Waals surface area (Å²) in [6.07, 6.45) is 1.76. The molecule has 150 valence electrons. The van der Waals surface area contributed by atoms with Crippen LogP contribution in [0.5, 0.6) is 0 Å². The quantitative estimate of drug-likeness (QED) is 0.569. The predicted octanol–water partition coefficient (Wildman–Crippen LogP) is 5.68. The molecule has 1 fully saturated rings. The number of hydrogen-bond donors (Lipinski definition) is 1. The second-order valence-electron chi connectivity index (χ2n) is 7.70. The Balaban J connectivity index is 1.26. The second-order valence-corrected chi connectivity index (χ2v) is 8.51. The fourth-order valence-corrected chi connectivity index (χ4v) is 4.25. The Kier molecular flexibility index (Phi) is 6.39. The molecule has 1 heterocycles. The number of carbonyl (C=O) groups excluding carboxylic acids is 1. The van der Waals surface area contributed by atoms with Crippen LogP contribution in [-0.4, -0.2) is 23.9 Å². The highest BCUT2D eigenvalue weighted by molar-refractivity contribution is 6.42. The number of rotatable bonds is 5. The lowest BCUT2D eigenvalue weighted by molar-refractivity contribution is -0.126. The standard InChI is InChI=1S/C24H24Cl2N2O/c25-22-8-6-18(14-23(22)26)16-28-11-9-20(10-12-28)24(29)27-15-17-5-7-19-3-1-2-4-21(19)13-17/h1-8,13-14,20H,9-12,15-16H2,(H,27,29). The van der Waals surface area contributed by atoms with Gasteiger partial charge >= 0.3 is 0 Å². The van der Waals surface area contributed by atoms with Gasteiger partial charge in [0.25, 0.3) is 0 Å². The molecule has 0 aromatic heterocycles. The first-order valence-electron chi connectivity index (χ1n) is 10.0. The van der Waals surface area contributed by atoms with Crippen LogP contribution in [0.1, 0.15) is 24.0 Å². The number of piperidine rings is 1. The van der Waals surface area contributed by atoms with E-state index in [1.807, 2.05) is 30.3 Å². The summed E-state index contributed by atoms with van der Waals surface area (Å²) in [6.45, 7) is 3.23. The normalized spacial score (nSPS) is 15.5. The Morgan fingerprint density at radius 1 is 0.897 bits per heavy atom. The summed E-state index contributed by atoms with van der Waals surface area (Å²) >= 11 is 12.1. The summed E-state index contributed by atoms with van der Waals surface area (Å²) in [4.78, 5) is 15.0. The molecule has 1 N–H and O–H groups in total. The van der Waals surface area contributed by atoms with E-state index in [9.17, 15) is 4.79 Å². The van der Waals surface area contributed by atoms with Crippen LogP contribution >= 0.6 is 23.2 Å². The molecule has 0 radical (unpaired) electrons. The summed E-state index contributed by atoms with van der Waals surface area (Å²) in [5.41, 5.74) is 2.28. The minimum absolute atomic E-state index is 0.0838. The van der Waals surface area contributed by atoms with Crippen molar-refractivity contribution in [3.63, 3.8) is 0 Å². The van der Waals surface area contributed by atoms with Gasteiger partial charge in [-0.05, 0) is 66.0 Å². The lowest BCUT2D eigenvalue weighted by Crippen LogP contribution is -2.40. The van der Waals surface area contributed by atoms with Crippen LogP contribution in [0.2, 0.25) is 10.0 Å². The van der Waals surface area contributed by atoms with Crippen molar-refractivity contribution in [3.05, 3.63) is 81.8 Å². The van der Waals surface area contributed by atoms with Gasteiger partial charge in [0.1, 0.15) is 0 Å². The third-order valence-corrected chi connectivity index (χ3v) is 6.37. The van der Waals surface area contributed by atoms with E-state index in [1.165, 1.54) is 10.8 Å². The van der Waals surface area contributed by atoms with Gasteiger partial charge in [0, 0.05) is 19.0 Å². The van der Waals surface area contributed by atoms with E-state index in [2.05, 4.69) is 40.5 Å². The van der Waals surface area contributed by atoms with Gasteiger partial charge in [0.15, 0.2) is 0 Å². The van der Waals surface area contributed by atoms with Crippen LogP contribution in [-0.2, 0) is 17.9 Å². The first-order chi connectivity index (χ1) is 14.1. The molecule has 3 aromatic rings. The Bertz CT molecular complexity index is 1010. The zero-order valence-electron chi connectivity index (χ0n) is 16.2. The monoisotopic (exact) mass is 426 g/mol. The van der Waals surface area contributed by atoms with Crippen molar-refractivity contribution >= 4 is 39.9 Å². The van der Waals surface area contributed by atoms with Crippen LogP contribution in [0.15, 0.2) is 60.7 Å². The Morgan fingerprint density at radius 3 is 2.38 bits per heavy atom. The maximum atomic E-state index is 12.6. The van der Waals surface area contributed by atoms with Crippen LogP contribution in [0.25, 0.3) is 10.8 Å². The largest absolute Gasteiger partial charge is 0.352 e. The van der Waals surface area contributed by atoms with Gasteiger partial charge in [-0.15, -0.1) is 0 Å². The number of carbonyl (C=O) groups is 1. The summed E-state index contributed by atoms with van der Waals surface area (Å²) in [6, 6.07) is 20.4. The molecule has 4 rings (SSSR count). The highest BCUT2D eigenvalue weighted by Crippen LogP contribution is 2.25. The summed E-state index contributed by atoms with van der Waals surface area (Å²) in [7, 11) is 0. The Morgan fingerprint density at radius 2 is 1.62 bits per heavy atom. The molecule has 0 spiro atoms. The van der Waals surface area contributed by atoms with E-state index < -0.39 is 0 Å². The van der Waals surface area contributed by atoms with Crippen LogP contribution in [0.4, 0.5) is 0 Å². The fraction of sp³-hybridized carbons (Fsp3) is 0.292. The minimum Gasteiger partial charge on any atom is -0.352 e. The van der Waals surface area contributed by atoms with Gasteiger partial charge in [-0.1, -0.05) is 65.7 Å². The number of fused-ring (bicyclic) bond motifs is 1. The Hall–Kier alpha value is -2.07. The van der Waals surface area contributed by atoms with Gasteiger partial charge in [0.2, 0.25) is 5.91 Å². The number of amides is 1. The molecule has 0 bridgehead atoms. The van der Waals surface area contributed by atoms with E-state index in [0.29, 0.717) is 16.6 Å². The van der Waals surface area contributed by atoms with Crippen molar-refractivity contribution in [1.29, 1.82) is 0 Å². The predicted molar refractivity (Wildman–Crippen MR) is 120 cm³/mol. The maximum absolute atomic E-state index is 12.6. The molecule has 5 heteroatoms. The van der Waals surface area contributed by atoms with Crippen molar-refractivity contribution < 1.29 is 4.79 Å². The first kappa shape index (κ1) is 20.2. The Labute approximate surface area is 181 Å². The van der Waals surface area contributed by atoms with E-state index in [0.717, 1.165) is 43.6 Å². The molecular weight excluding hydrogens is 403 g/mol. The van der Waals surface area contributed by atoms with Gasteiger partial charge in [-0.25, -0.2) is 0 Å². The molecule has 1 aliphatic rings. The average molecular weight is 427 g/mol. The first-order valence-corrected chi connectivity index (χ1v) is 10.8. The third-order valence-electron chi connectivity index (χ3n) is 5.63. The smallest absolute Gasteiger partial charge is 0.223 e. The molecule has 0 unspecified atom stereocenters. The summed E-state index contributed by atoms with van der Waals surface area (Å²) in [5.74, 6) is 0.243. The SMILES string of the molecule is O=C(NCc1ccc2ccccc2c1)C1CCN(Cc2ccc(Cl)c(Cl)c2)CC1. The number of nitrogens with zero attached hydrogens (tertiary/aromatic N) is 1. The molecule has 1 aliphatic heterocycles. The number of benzene rings is 3. The molecule has 0 saturated carbocycles. The summed E-state index contributed by atoms with van der Waals surface area (Å²) < 4.78 is 0. The molecule has 1 amide bonds. The van der Waals surface area contributed by atoms with Gasteiger partial charge < -0.3 is 5.32 Å². The molecule has 29 heavy (non-hydrogen) atoms. The molecule has 3 aromatic carbocycles.